The lowest BCUT2D eigenvalue weighted by molar-refractivity contribution is 0.0601. The number of hydrogen-bond acceptors (Lipinski definition) is 4. The summed E-state index contributed by atoms with van der Waals surface area (Å²) in [7, 11) is 1.37. The van der Waals surface area contributed by atoms with Crippen molar-refractivity contribution >= 4 is 28.9 Å². The molecule has 0 fully saturated rings. The molecule has 5 heteroatoms. The van der Waals surface area contributed by atoms with E-state index < -0.39 is 0 Å². The molecular formula is C13H12ClNO2S. The van der Waals surface area contributed by atoms with Crippen LogP contribution in [0.5, 0.6) is 0 Å². The molecule has 0 aliphatic carbocycles. The normalized spacial score (nSPS) is 10.3. The summed E-state index contributed by atoms with van der Waals surface area (Å²) in [4.78, 5) is 16.0. The quantitative estimate of drug-likeness (QED) is 0.637. The number of methoxy groups -OCH3 is 1. The summed E-state index contributed by atoms with van der Waals surface area (Å²) in [6.07, 6.45) is 0.764. The minimum atomic E-state index is -0.351. The predicted octanol–water partition coefficient (Wildman–Crippen LogP) is 3.38. The van der Waals surface area contributed by atoms with Crippen LogP contribution in [0.3, 0.4) is 0 Å². The molecule has 1 aromatic heterocycles. The molecule has 1 heterocycles. The van der Waals surface area contributed by atoms with E-state index >= 15 is 0 Å². The lowest BCUT2D eigenvalue weighted by atomic mass is 10.0. The van der Waals surface area contributed by atoms with Crippen LogP contribution in [0.2, 0.25) is 0 Å². The molecule has 0 aliphatic rings. The molecule has 0 bridgehead atoms. The molecule has 0 atom stereocenters. The van der Waals surface area contributed by atoms with Gasteiger partial charge in [0.1, 0.15) is 0 Å². The Balaban J connectivity index is 2.50. The van der Waals surface area contributed by atoms with E-state index in [1.54, 1.807) is 11.6 Å². The van der Waals surface area contributed by atoms with Crippen molar-refractivity contribution in [1.82, 2.24) is 4.98 Å². The van der Waals surface area contributed by atoms with Crippen molar-refractivity contribution in [1.29, 1.82) is 0 Å². The second-order valence-corrected chi connectivity index (χ2v) is 4.78. The first-order valence-corrected chi connectivity index (χ1v) is 6.89. The van der Waals surface area contributed by atoms with Crippen molar-refractivity contribution in [2.24, 2.45) is 0 Å². The standard InChI is InChI=1S/C13H12ClNO2S/c1-17-13(16)10-3-2-9(4-5-14)6-11(10)12-7-18-8-15-12/h2-3,6-8H,4-5H2,1H3. The van der Waals surface area contributed by atoms with Crippen molar-refractivity contribution in [2.75, 3.05) is 13.0 Å². The van der Waals surface area contributed by atoms with Gasteiger partial charge in [0.25, 0.3) is 0 Å². The second kappa shape index (κ2) is 5.98. The van der Waals surface area contributed by atoms with Crippen LogP contribution >= 0.6 is 22.9 Å². The maximum absolute atomic E-state index is 11.7. The first-order valence-electron chi connectivity index (χ1n) is 5.42. The number of hydrogen-bond donors (Lipinski definition) is 0. The van der Waals surface area contributed by atoms with Crippen molar-refractivity contribution < 1.29 is 9.53 Å². The van der Waals surface area contributed by atoms with Crippen LogP contribution in [0, 0.1) is 0 Å². The number of carbonyl (C=O) groups is 1. The molecule has 0 aliphatic heterocycles. The largest absolute Gasteiger partial charge is 0.465 e. The molecule has 0 unspecified atom stereocenters. The maximum Gasteiger partial charge on any atom is 0.338 e. The number of aryl methyl sites for hydroxylation is 1. The highest BCUT2D eigenvalue weighted by Crippen LogP contribution is 2.26. The van der Waals surface area contributed by atoms with Gasteiger partial charge in [-0.05, 0) is 24.1 Å². The van der Waals surface area contributed by atoms with Gasteiger partial charge in [0.2, 0.25) is 0 Å². The third-order valence-corrected chi connectivity index (χ3v) is 3.36. The summed E-state index contributed by atoms with van der Waals surface area (Å²) in [5.74, 6) is 0.198. The summed E-state index contributed by atoms with van der Waals surface area (Å²) < 4.78 is 4.79. The Morgan fingerprint density at radius 3 is 2.94 bits per heavy atom. The van der Waals surface area contributed by atoms with E-state index in [0.29, 0.717) is 11.4 Å². The topological polar surface area (TPSA) is 39.2 Å². The highest BCUT2D eigenvalue weighted by atomic mass is 35.5. The summed E-state index contributed by atoms with van der Waals surface area (Å²) in [5.41, 5.74) is 4.94. The van der Waals surface area contributed by atoms with Crippen molar-refractivity contribution in [2.45, 2.75) is 6.42 Å². The van der Waals surface area contributed by atoms with E-state index in [1.807, 2.05) is 17.5 Å². The van der Waals surface area contributed by atoms with Gasteiger partial charge in [-0.2, -0.15) is 0 Å². The van der Waals surface area contributed by atoms with E-state index in [0.717, 1.165) is 23.2 Å². The Morgan fingerprint density at radius 1 is 1.50 bits per heavy atom. The van der Waals surface area contributed by atoms with E-state index in [-0.39, 0.29) is 5.97 Å². The number of carbonyl (C=O) groups excluding carboxylic acids is 1. The maximum atomic E-state index is 11.7. The Hall–Kier alpha value is -1.39. The van der Waals surface area contributed by atoms with Crippen molar-refractivity contribution in [3.63, 3.8) is 0 Å². The molecule has 1 aromatic carbocycles. The van der Waals surface area contributed by atoms with Crippen molar-refractivity contribution in [3.05, 3.63) is 40.2 Å². The van der Waals surface area contributed by atoms with Gasteiger partial charge in [-0.1, -0.05) is 6.07 Å². The smallest absolute Gasteiger partial charge is 0.338 e. The van der Waals surface area contributed by atoms with E-state index in [4.69, 9.17) is 16.3 Å². The Labute approximate surface area is 114 Å². The first-order chi connectivity index (χ1) is 8.76. The zero-order chi connectivity index (χ0) is 13.0. The molecule has 3 nitrogen and oxygen atoms in total. The fraction of sp³-hybridized carbons (Fsp3) is 0.231. The molecule has 94 valence electrons. The van der Waals surface area contributed by atoms with Gasteiger partial charge in [-0.3, -0.25) is 0 Å². The zero-order valence-electron chi connectivity index (χ0n) is 9.85. The van der Waals surface area contributed by atoms with Crippen LogP contribution in [0.4, 0.5) is 0 Å². The van der Waals surface area contributed by atoms with Crippen LogP contribution < -0.4 is 0 Å². The Bertz CT molecular complexity index is 540. The van der Waals surface area contributed by atoms with Gasteiger partial charge < -0.3 is 4.74 Å². The predicted molar refractivity (Wildman–Crippen MR) is 73.3 cm³/mol. The molecular weight excluding hydrogens is 270 g/mol. The van der Waals surface area contributed by atoms with E-state index in [2.05, 4.69) is 4.98 Å². The fourth-order valence-corrected chi connectivity index (χ4v) is 2.47. The van der Waals surface area contributed by atoms with Gasteiger partial charge in [0.05, 0.1) is 23.9 Å². The molecule has 0 N–H and O–H groups in total. The number of alkyl halides is 1. The lowest BCUT2D eigenvalue weighted by Gasteiger charge is -2.08. The molecule has 2 rings (SSSR count). The number of nitrogens with zero attached hydrogens (tertiary/aromatic N) is 1. The zero-order valence-corrected chi connectivity index (χ0v) is 11.4. The Kier molecular flexibility index (Phi) is 4.33. The molecule has 0 radical (unpaired) electrons. The number of ether oxygens (including phenoxy) is 1. The van der Waals surface area contributed by atoms with Crippen LogP contribution in [-0.2, 0) is 11.2 Å². The number of benzene rings is 1. The average molecular weight is 282 g/mol. The summed E-state index contributed by atoms with van der Waals surface area (Å²) >= 11 is 7.23. The molecule has 0 spiro atoms. The third kappa shape index (κ3) is 2.71. The molecule has 0 amide bonds. The lowest BCUT2D eigenvalue weighted by Crippen LogP contribution is -2.04. The first kappa shape index (κ1) is 13.1. The summed E-state index contributed by atoms with van der Waals surface area (Å²) in [6, 6.07) is 5.61. The van der Waals surface area contributed by atoms with Gasteiger partial charge in [0, 0.05) is 16.8 Å². The molecule has 0 saturated carbocycles. The van der Waals surface area contributed by atoms with Crippen LogP contribution in [-0.4, -0.2) is 23.9 Å². The van der Waals surface area contributed by atoms with Crippen LogP contribution in [0.25, 0.3) is 11.3 Å². The third-order valence-electron chi connectivity index (χ3n) is 2.58. The van der Waals surface area contributed by atoms with Crippen LogP contribution in [0.15, 0.2) is 29.1 Å². The number of rotatable bonds is 4. The minimum Gasteiger partial charge on any atom is -0.465 e. The molecule has 2 aromatic rings. The van der Waals surface area contributed by atoms with Gasteiger partial charge >= 0.3 is 5.97 Å². The minimum absolute atomic E-state index is 0.351. The van der Waals surface area contributed by atoms with Gasteiger partial charge in [0.15, 0.2) is 0 Å². The molecule has 18 heavy (non-hydrogen) atoms. The fourth-order valence-electron chi connectivity index (χ4n) is 1.70. The highest BCUT2D eigenvalue weighted by molar-refractivity contribution is 7.07. The highest BCUT2D eigenvalue weighted by Gasteiger charge is 2.15. The summed E-state index contributed by atoms with van der Waals surface area (Å²) in [5, 5.41) is 1.91. The van der Waals surface area contributed by atoms with E-state index in [9.17, 15) is 4.79 Å². The van der Waals surface area contributed by atoms with E-state index in [1.165, 1.54) is 18.4 Å². The van der Waals surface area contributed by atoms with Crippen LogP contribution in [0.1, 0.15) is 15.9 Å². The number of halogens is 1. The van der Waals surface area contributed by atoms with Crippen molar-refractivity contribution in [3.8, 4) is 11.3 Å². The SMILES string of the molecule is COC(=O)c1ccc(CCCl)cc1-c1cscn1. The monoisotopic (exact) mass is 281 g/mol. The summed E-state index contributed by atoms with van der Waals surface area (Å²) in [6.45, 7) is 0. The Morgan fingerprint density at radius 2 is 2.33 bits per heavy atom. The number of thiazole rings is 1. The number of aromatic nitrogens is 1. The molecule has 0 saturated heterocycles. The number of esters is 1. The average Bonchev–Trinajstić information content (AvgIpc) is 2.92. The van der Waals surface area contributed by atoms with Gasteiger partial charge in [-0.15, -0.1) is 22.9 Å². The second-order valence-electron chi connectivity index (χ2n) is 3.68. The van der Waals surface area contributed by atoms with Gasteiger partial charge in [-0.25, -0.2) is 9.78 Å².